The molecule has 1 N–H and O–H groups in total. The van der Waals surface area contributed by atoms with Crippen LogP contribution in [0.5, 0.6) is 0 Å². The van der Waals surface area contributed by atoms with Gasteiger partial charge in [-0.25, -0.2) is 0 Å². The highest BCUT2D eigenvalue weighted by atomic mass is 16.5. The zero-order valence-corrected chi connectivity index (χ0v) is 13.1. The zero-order valence-electron chi connectivity index (χ0n) is 13.1. The number of hydrogen-bond acceptors (Lipinski definition) is 3. The minimum Gasteiger partial charge on any atom is -0.381 e. The first-order valence-electron chi connectivity index (χ1n) is 8.11. The summed E-state index contributed by atoms with van der Waals surface area (Å²) in [4.78, 5) is 2.62. The van der Waals surface area contributed by atoms with E-state index in [1.165, 1.54) is 51.9 Å². The summed E-state index contributed by atoms with van der Waals surface area (Å²) in [5.74, 6) is 0.797. The highest BCUT2D eigenvalue weighted by molar-refractivity contribution is 4.84. The van der Waals surface area contributed by atoms with Crippen LogP contribution in [0.15, 0.2) is 0 Å². The van der Waals surface area contributed by atoms with Crippen LogP contribution in [0.25, 0.3) is 0 Å². The Hall–Kier alpha value is -0.120. The molecule has 2 fully saturated rings. The van der Waals surface area contributed by atoms with Crippen molar-refractivity contribution in [3.05, 3.63) is 0 Å². The standard InChI is InChI=1S/C16H32N2O/c1-14(2)12-18-8-4-15(5-9-18)17-13-16(3)6-10-19-11-7-16/h14-15,17H,4-13H2,1-3H3. The maximum atomic E-state index is 5.47. The summed E-state index contributed by atoms with van der Waals surface area (Å²) in [5, 5.41) is 3.82. The monoisotopic (exact) mass is 268 g/mol. The van der Waals surface area contributed by atoms with Crippen LogP contribution < -0.4 is 5.32 Å². The molecule has 2 rings (SSSR count). The van der Waals surface area contributed by atoms with Crippen LogP contribution in [0.4, 0.5) is 0 Å². The Kier molecular flexibility index (Phi) is 5.67. The van der Waals surface area contributed by atoms with Gasteiger partial charge < -0.3 is 15.0 Å². The molecule has 0 aromatic heterocycles. The number of ether oxygens (including phenoxy) is 1. The molecule has 0 saturated carbocycles. The van der Waals surface area contributed by atoms with E-state index in [1.807, 2.05) is 0 Å². The lowest BCUT2D eigenvalue weighted by atomic mass is 9.82. The Morgan fingerprint density at radius 2 is 1.84 bits per heavy atom. The van der Waals surface area contributed by atoms with Crippen molar-refractivity contribution < 1.29 is 4.74 Å². The highest BCUT2D eigenvalue weighted by Gasteiger charge is 2.28. The summed E-state index contributed by atoms with van der Waals surface area (Å²) < 4.78 is 5.47. The fraction of sp³-hybridized carbons (Fsp3) is 1.00. The molecular formula is C16H32N2O. The van der Waals surface area contributed by atoms with Gasteiger partial charge in [0, 0.05) is 32.3 Å². The lowest BCUT2D eigenvalue weighted by Gasteiger charge is -2.38. The predicted molar refractivity (Wildman–Crippen MR) is 80.5 cm³/mol. The number of rotatable bonds is 5. The minimum absolute atomic E-state index is 0.466. The van der Waals surface area contributed by atoms with Gasteiger partial charge in [0.1, 0.15) is 0 Å². The second-order valence-electron chi connectivity index (χ2n) is 7.27. The molecule has 112 valence electrons. The number of hydrogen-bond donors (Lipinski definition) is 1. The van der Waals surface area contributed by atoms with Gasteiger partial charge >= 0.3 is 0 Å². The summed E-state index contributed by atoms with van der Waals surface area (Å²) in [6.07, 6.45) is 5.07. The summed E-state index contributed by atoms with van der Waals surface area (Å²) in [6, 6.07) is 0.739. The third-order valence-corrected chi connectivity index (χ3v) is 4.73. The van der Waals surface area contributed by atoms with E-state index in [0.717, 1.165) is 25.2 Å². The minimum atomic E-state index is 0.466. The molecule has 0 spiro atoms. The van der Waals surface area contributed by atoms with E-state index in [4.69, 9.17) is 4.74 Å². The van der Waals surface area contributed by atoms with E-state index in [-0.39, 0.29) is 0 Å². The molecule has 0 aromatic carbocycles. The van der Waals surface area contributed by atoms with E-state index in [9.17, 15) is 0 Å². The molecule has 0 bridgehead atoms. The fourth-order valence-corrected chi connectivity index (χ4v) is 3.27. The smallest absolute Gasteiger partial charge is 0.0471 e. The van der Waals surface area contributed by atoms with Crippen molar-refractivity contribution in [2.75, 3.05) is 39.4 Å². The van der Waals surface area contributed by atoms with Crippen molar-refractivity contribution in [3.63, 3.8) is 0 Å². The van der Waals surface area contributed by atoms with Crippen LogP contribution in [0.1, 0.15) is 46.5 Å². The second kappa shape index (κ2) is 7.05. The second-order valence-corrected chi connectivity index (χ2v) is 7.27. The van der Waals surface area contributed by atoms with Crippen LogP contribution in [-0.2, 0) is 4.74 Å². The van der Waals surface area contributed by atoms with Crippen molar-refractivity contribution in [1.29, 1.82) is 0 Å². The highest BCUT2D eigenvalue weighted by Crippen LogP contribution is 2.29. The maximum absolute atomic E-state index is 5.47. The molecule has 0 aromatic rings. The number of piperidine rings is 1. The van der Waals surface area contributed by atoms with E-state index in [0.29, 0.717) is 5.41 Å². The molecule has 2 saturated heterocycles. The number of nitrogens with one attached hydrogen (secondary N) is 1. The van der Waals surface area contributed by atoms with Crippen molar-refractivity contribution >= 4 is 0 Å². The first-order chi connectivity index (χ1) is 9.07. The van der Waals surface area contributed by atoms with Gasteiger partial charge in [-0.05, 0) is 50.1 Å². The molecule has 2 aliphatic heterocycles. The van der Waals surface area contributed by atoms with E-state index >= 15 is 0 Å². The Labute approximate surface area is 119 Å². The normalized spacial score (nSPS) is 25.9. The molecule has 0 radical (unpaired) electrons. The van der Waals surface area contributed by atoms with Gasteiger partial charge in [-0.15, -0.1) is 0 Å². The average molecular weight is 268 g/mol. The third-order valence-electron chi connectivity index (χ3n) is 4.73. The average Bonchev–Trinajstić information content (AvgIpc) is 2.38. The Balaban J connectivity index is 1.65. The predicted octanol–water partition coefficient (Wildman–Crippen LogP) is 2.51. The lowest BCUT2D eigenvalue weighted by molar-refractivity contribution is 0.0216. The van der Waals surface area contributed by atoms with Gasteiger partial charge in [0.15, 0.2) is 0 Å². The first-order valence-corrected chi connectivity index (χ1v) is 8.11. The zero-order chi connectivity index (χ0) is 13.7. The van der Waals surface area contributed by atoms with Crippen LogP contribution in [0, 0.1) is 11.3 Å². The molecule has 2 heterocycles. The topological polar surface area (TPSA) is 24.5 Å². The van der Waals surface area contributed by atoms with Gasteiger partial charge in [-0.2, -0.15) is 0 Å². The van der Waals surface area contributed by atoms with Gasteiger partial charge in [0.05, 0.1) is 0 Å². The summed E-state index contributed by atoms with van der Waals surface area (Å²) in [7, 11) is 0. The molecule has 3 nitrogen and oxygen atoms in total. The number of nitrogens with zero attached hydrogens (tertiary/aromatic N) is 1. The maximum Gasteiger partial charge on any atom is 0.0471 e. The van der Waals surface area contributed by atoms with Gasteiger partial charge in [0.2, 0.25) is 0 Å². The van der Waals surface area contributed by atoms with E-state index in [1.54, 1.807) is 0 Å². The molecule has 3 heteroatoms. The fourth-order valence-electron chi connectivity index (χ4n) is 3.27. The van der Waals surface area contributed by atoms with E-state index in [2.05, 4.69) is 31.0 Å². The summed E-state index contributed by atoms with van der Waals surface area (Å²) in [6.45, 7) is 13.9. The van der Waals surface area contributed by atoms with Crippen molar-refractivity contribution in [2.45, 2.75) is 52.5 Å². The molecule has 19 heavy (non-hydrogen) atoms. The largest absolute Gasteiger partial charge is 0.381 e. The number of likely N-dealkylation sites (tertiary alicyclic amines) is 1. The third kappa shape index (κ3) is 5.05. The Morgan fingerprint density at radius 1 is 1.21 bits per heavy atom. The Morgan fingerprint density at radius 3 is 2.42 bits per heavy atom. The van der Waals surface area contributed by atoms with Crippen molar-refractivity contribution in [2.24, 2.45) is 11.3 Å². The lowest BCUT2D eigenvalue weighted by Crippen LogP contribution is -2.47. The molecule has 0 unspecified atom stereocenters. The molecular weight excluding hydrogens is 236 g/mol. The van der Waals surface area contributed by atoms with Crippen LogP contribution >= 0.6 is 0 Å². The molecule has 0 atom stereocenters. The van der Waals surface area contributed by atoms with Crippen LogP contribution in [-0.4, -0.2) is 50.3 Å². The van der Waals surface area contributed by atoms with Gasteiger partial charge in [0.25, 0.3) is 0 Å². The van der Waals surface area contributed by atoms with E-state index < -0.39 is 0 Å². The van der Waals surface area contributed by atoms with Crippen LogP contribution in [0.2, 0.25) is 0 Å². The molecule has 0 aliphatic carbocycles. The molecule has 2 aliphatic rings. The summed E-state index contributed by atoms with van der Waals surface area (Å²) in [5.41, 5.74) is 0.466. The van der Waals surface area contributed by atoms with Crippen LogP contribution in [0.3, 0.4) is 0 Å². The molecule has 0 amide bonds. The van der Waals surface area contributed by atoms with Gasteiger partial charge in [-0.3, -0.25) is 0 Å². The van der Waals surface area contributed by atoms with Crippen molar-refractivity contribution in [1.82, 2.24) is 10.2 Å². The van der Waals surface area contributed by atoms with Gasteiger partial charge in [-0.1, -0.05) is 20.8 Å². The quantitative estimate of drug-likeness (QED) is 0.829. The Bertz CT molecular complexity index is 253. The summed E-state index contributed by atoms with van der Waals surface area (Å²) >= 11 is 0. The van der Waals surface area contributed by atoms with Crippen molar-refractivity contribution in [3.8, 4) is 0 Å². The SMILES string of the molecule is CC(C)CN1CCC(NCC2(C)CCOCC2)CC1. The first kappa shape index (κ1) is 15.3.